The third-order valence-corrected chi connectivity index (χ3v) is 11.9. The van der Waals surface area contributed by atoms with Gasteiger partial charge < -0.3 is 14.5 Å². The van der Waals surface area contributed by atoms with Crippen molar-refractivity contribution in [3.63, 3.8) is 0 Å². The second kappa shape index (κ2) is 8.88. The van der Waals surface area contributed by atoms with Gasteiger partial charge in [-0.25, -0.2) is 0 Å². The highest BCUT2D eigenvalue weighted by Gasteiger charge is 2.54. The molecule has 2 atom stereocenters. The minimum absolute atomic E-state index is 0.0193. The second-order valence-electron chi connectivity index (χ2n) is 10.0. The van der Waals surface area contributed by atoms with E-state index in [-0.39, 0.29) is 16.5 Å². The Bertz CT molecular complexity index is 855. The molecule has 2 fully saturated rings. The largest absolute Gasteiger partial charge is 0.406 e. The van der Waals surface area contributed by atoms with E-state index in [9.17, 15) is 5.26 Å². The molecular formula is C26H34N2O2Si. The van der Waals surface area contributed by atoms with E-state index in [0.717, 1.165) is 32.5 Å². The van der Waals surface area contributed by atoms with Crippen LogP contribution in [0.4, 0.5) is 0 Å². The maximum atomic E-state index is 9.96. The van der Waals surface area contributed by atoms with Gasteiger partial charge in [0.25, 0.3) is 8.32 Å². The smallest absolute Gasteiger partial charge is 0.261 e. The molecule has 2 unspecified atom stereocenters. The number of benzene rings is 2. The van der Waals surface area contributed by atoms with Gasteiger partial charge >= 0.3 is 0 Å². The van der Waals surface area contributed by atoms with E-state index in [1.165, 1.54) is 10.4 Å². The molecule has 0 radical (unpaired) electrons. The molecule has 1 aliphatic heterocycles. The van der Waals surface area contributed by atoms with E-state index in [0.29, 0.717) is 12.6 Å². The fourth-order valence-electron chi connectivity index (χ4n) is 4.96. The van der Waals surface area contributed by atoms with Crippen LogP contribution in [0.5, 0.6) is 0 Å². The summed E-state index contributed by atoms with van der Waals surface area (Å²) >= 11 is 0. The van der Waals surface area contributed by atoms with Gasteiger partial charge in [-0.1, -0.05) is 81.4 Å². The minimum atomic E-state index is -2.61. The molecule has 0 aromatic heterocycles. The summed E-state index contributed by atoms with van der Waals surface area (Å²) in [5, 5.41) is 16.2. The van der Waals surface area contributed by atoms with E-state index in [1.54, 1.807) is 0 Å². The lowest BCUT2D eigenvalue weighted by Crippen LogP contribution is -2.67. The molecule has 5 heteroatoms. The van der Waals surface area contributed by atoms with Crippen molar-refractivity contribution in [3.05, 3.63) is 60.7 Å². The Morgan fingerprint density at radius 1 is 1.10 bits per heavy atom. The molecule has 0 amide bonds. The van der Waals surface area contributed by atoms with Gasteiger partial charge in [0.15, 0.2) is 0 Å². The Kier molecular flexibility index (Phi) is 6.36. The Labute approximate surface area is 187 Å². The van der Waals surface area contributed by atoms with Gasteiger partial charge in [0.2, 0.25) is 0 Å². The molecule has 4 nitrogen and oxygen atoms in total. The number of nitriles is 1. The Balaban J connectivity index is 1.71. The van der Waals surface area contributed by atoms with Crippen molar-refractivity contribution >= 4 is 18.7 Å². The lowest BCUT2D eigenvalue weighted by molar-refractivity contribution is 0.172. The SMILES string of the molecule is CC(C)(C)[Si](OCC(NC1CCOC1)C1(C#N)CC1)(c1ccccc1)c1ccccc1. The standard InChI is InChI=1S/C26H34N2O2Si/c1-25(2,3)31(22-10-6-4-7-11-22,23-12-8-5-9-13-23)30-19-24(26(20-27)15-16-26)28-21-14-17-29-18-21/h4-13,21,24,28H,14-19H2,1-3H3. The molecule has 1 saturated heterocycles. The predicted octanol–water partition coefficient (Wildman–Crippen LogP) is 3.61. The Morgan fingerprint density at radius 3 is 2.10 bits per heavy atom. The zero-order chi connectivity index (χ0) is 22.0. The summed E-state index contributed by atoms with van der Waals surface area (Å²) in [6.07, 6.45) is 2.88. The molecule has 1 saturated carbocycles. The first-order valence-corrected chi connectivity index (χ1v) is 13.3. The van der Waals surface area contributed by atoms with E-state index < -0.39 is 8.32 Å². The number of hydrogen-bond donors (Lipinski definition) is 1. The molecule has 0 bridgehead atoms. The molecule has 0 spiro atoms. The minimum Gasteiger partial charge on any atom is -0.406 e. The lowest BCUT2D eigenvalue weighted by atomic mass is 9.98. The Hall–Kier alpha value is -1.97. The monoisotopic (exact) mass is 434 g/mol. The van der Waals surface area contributed by atoms with Crippen LogP contribution in [0.25, 0.3) is 0 Å². The Morgan fingerprint density at radius 2 is 1.68 bits per heavy atom. The maximum absolute atomic E-state index is 9.96. The summed E-state index contributed by atoms with van der Waals surface area (Å²) in [6.45, 7) is 8.94. The molecule has 1 N–H and O–H groups in total. The molecular weight excluding hydrogens is 400 g/mol. The quantitative estimate of drug-likeness (QED) is 0.645. The predicted molar refractivity (Wildman–Crippen MR) is 127 cm³/mol. The zero-order valence-electron chi connectivity index (χ0n) is 18.9. The maximum Gasteiger partial charge on any atom is 0.261 e. The van der Waals surface area contributed by atoms with Crippen LogP contribution in [-0.2, 0) is 9.16 Å². The van der Waals surface area contributed by atoms with Crippen LogP contribution in [0.1, 0.15) is 40.0 Å². The summed E-state index contributed by atoms with van der Waals surface area (Å²) in [5.74, 6) is 0. The van der Waals surface area contributed by atoms with E-state index in [1.807, 2.05) is 0 Å². The molecule has 1 aliphatic carbocycles. The van der Waals surface area contributed by atoms with Gasteiger partial charge in [-0.3, -0.25) is 0 Å². The van der Waals surface area contributed by atoms with Gasteiger partial charge in [0.1, 0.15) is 0 Å². The van der Waals surface area contributed by atoms with E-state index >= 15 is 0 Å². The zero-order valence-corrected chi connectivity index (χ0v) is 19.9. The van der Waals surface area contributed by atoms with Crippen LogP contribution in [0.3, 0.4) is 0 Å². The summed E-state index contributed by atoms with van der Waals surface area (Å²) < 4.78 is 12.7. The van der Waals surface area contributed by atoms with Crippen molar-refractivity contribution in [2.45, 2.75) is 57.2 Å². The van der Waals surface area contributed by atoms with Crippen LogP contribution in [-0.4, -0.2) is 40.2 Å². The van der Waals surface area contributed by atoms with Crippen molar-refractivity contribution in [2.75, 3.05) is 19.8 Å². The highest BCUT2D eigenvalue weighted by atomic mass is 28.4. The first-order chi connectivity index (χ1) is 14.9. The van der Waals surface area contributed by atoms with Crippen molar-refractivity contribution in [1.82, 2.24) is 5.32 Å². The van der Waals surface area contributed by atoms with Crippen LogP contribution < -0.4 is 15.7 Å². The highest BCUT2D eigenvalue weighted by molar-refractivity contribution is 6.99. The van der Waals surface area contributed by atoms with Crippen molar-refractivity contribution < 1.29 is 9.16 Å². The van der Waals surface area contributed by atoms with Crippen molar-refractivity contribution in [3.8, 4) is 6.07 Å². The third-order valence-electron chi connectivity index (χ3n) is 6.93. The van der Waals surface area contributed by atoms with Gasteiger partial charge in [0, 0.05) is 18.7 Å². The molecule has 4 rings (SSSR count). The lowest BCUT2D eigenvalue weighted by Gasteiger charge is -2.44. The molecule has 1 heterocycles. The number of nitrogens with one attached hydrogen (secondary N) is 1. The van der Waals surface area contributed by atoms with Crippen LogP contribution in [0, 0.1) is 16.7 Å². The average molecular weight is 435 g/mol. The summed E-state index contributed by atoms with van der Waals surface area (Å²) in [6, 6.07) is 24.4. The second-order valence-corrected chi connectivity index (χ2v) is 14.3. The average Bonchev–Trinajstić information content (AvgIpc) is 3.41. The first-order valence-electron chi connectivity index (χ1n) is 11.4. The molecule has 2 aromatic rings. The normalized spacial score (nSPS) is 21.4. The number of nitrogens with zero attached hydrogens (tertiary/aromatic N) is 1. The van der Waals surface area contributed by atoms with Gasteiger partial charge in [-0.15, -0.1) is 0 Å². The number of hydrogen-bond acceptors (Lipinski definition) is 4. The highest BCUT2D eigenvalue weighted by Crippen LogP contribution is 2.49. The number of rotatable bonds is 8. The molecule has 2 aromatic carbocycles. The summed E-state index contributed by atoms with van der Waals surface area (Å²) in [4.78, 5) is 0. The molecule has 31 heavy (non-hydrogen) atoms. The van der Waals surface area contributed by atoms with Crippen LogP contribution >= 0.6 is 0 Å². The molecule has 2 aliphatic rings. The molecule has 164 valence electrons. The fourth-order valence-corrected chi connectivity index (χ4v) is 9.53. The van der Waals surface area contributed by atoms with Crippen LogP contribution in [0.2, 0.25) is 5.04 Å². The first kappa shape index (κ1) is 22.2. The number of ether oxygens (including phenoxy) is 1. The third kappa shape index (κ3) is 4.35. The fraction of sp³-hybridized carbons (Fsp3) is 0.500. The topological polar surface area (TPSA) is 54.3 Å². The summed E-state index contributed by atoms with van der Waals surface area (Å²) in [5.41, 5.74) is -0.312. The van der Waals surface area contributed by atoms with E-state index in [2.05, 4.69) is 92.8 Å². The summed E-state index contributed by atoms with van der Waals surface area (Å²) in [7, 11) is -2.61. The van der Waals surface area contributed by atoms with Crippen molar-refractivity contribution in [2.24, 2.45) is 5.41 Å². The van der Waals surface area contributed by atoms with Gasteiger partial charge in [-0.2, -0.15) is 5.26 Å². The van der Waals surface area contributed by atoms with Crippen molar-refractivity contribution in [1.29, 1.82) is 5.26 Å². The van der Waals surface area contributed by atoms with E-state index in [4.69, 9.17) is 9.16 Å². The van der Waals surface area contributed by atoms with Crippen LogP contribution in [0.15, 0.2) is 60.7 Å². The van der Waals surface area contributed by atoms with Gasteiger partial charge in [-0.05, 0) is 34.7 Å². The van der Waals surface area contributed by atoms with Gasteiger partial charge in [0.05, 0.1) is 24.7 Å².